The van der Waals surface area contributed by atoms with Crippen LogP contribution in [0.1, 0.15) is 19.5 Å². The molecule has 1 heterocycles. The second kappa shape index (κ2) is 7.08. The van der Waals surface area contributed by atoms with Gasteiger partial charge < -0.3 is 4.74 Å². The molecule has 0 saturated heterocycles. The first kappa shape index (κ1) is 14.6. The molecule has 1 aromatic rings. The summed E-state index contributed by atoms with van der Waals surface area (Å²) in [6, 6.07) is 1.58. The van der Waals surface area contributed by atoms with Crippen LogP contribution in [0, 0.1) is 0 Å². The molecule has 0 aliphatic rings. The van der Waals surface area contributed by atoms with E-state index in [4.69, 9.17) is 4.74 Å². The fourth-order valence-electron chi connectivity index (χ4n) is 1.17. The van der Waals surface area contributed by atoms with E-state index in [1.807, 2.05) is 6.07 Å². The summed E-state index contributed by atoms with van der Waals surface area (Å²) in [6.45, 7) is 4.46. The second-order valence-electron chi connectivity index (χ2n) is 3.44. The molecule has 94 valence electrons. The topological polar surface area (TPSA) is 51.2 Å². The molecule has 0 aromatic carbocycles. The van der Waals surface area contributed by atoms with Gasteiger partial charge in [0.1, 0.15) is 6.04 Å². The van der Waals surface area contributed by atoms with E-state index in [0.29, 0.717) is 13.2 Å². The van der Waals surface area contributed by atoms with Gasteiger partial charge in [0.25, 0.3) is 0 Å². The Hall–Kier alpha value is -0.460. The van der Waals surface area contributed by atoms with Crippen LogP contribution in [0.5, 0.6) is 0 Å². The Morgan fingerprint density at radius 1 is 1.59 bits per heavy atom. The lowest BCUT2D eigenvalue weighted by molar-refractivity contribution is -0.145. The van der Waals surface area contributed by atoms with E-state index in [2.05, 4.69) is 42.2 Å². The lowest BCUT2D eigenvalue weighted by Crippen LogP contribution is -2.35. The highest BCUT2D eigenvalue weighted by Gasteiger charge is 2.13. The zero-order valence-electron chi connectivity index (χ0n) is 9.67. The molecule has 0 bridgehead atoms. The van der Waals surface area contributed by atoms with Crippen molar-refractivity contribution in [1.29, 1.82) is 0 Å². The smallest absolute Gasteiger partial charge is 0.322 e. The van der Waals surface area contributed by atoms with Crippen molar-refractivity contribution in [3.05, 3.63) is 26.9 Å². The molecule has 17 heavy (non-hydrogen) atoms. The molecule has 0 radical (unpaired) electrons. The maximum absolute atomic E-state index is 11.4. The van der Waals surface area contributed by atoms with Gasteiger partial charge in [0.05, 0.1) is 12.3 Å². The van der Waals surface area contributed by atoms with Crippen LogP contribution in [0.25, 0.3) is 0 Å². The van der Waals surface area contributed by atoms with E-state index in [9.17, 15) is 4.79 Å². The van der Waals surface area contributed by atoms with Crippen molar-refractivity contribution in [3.63, 3.8) is 0 Å². The molecule has 0 amide bonds. The van der Waals surface area contributed by atoms with Gasteiger partial charge >= 0.3 is 5.97 Å². The monoisotopic (exact) mass is 364 g/mol. The Morgan fingerprint density at radius 3 is 2.88 bits per heavy atom. The van der Waals surface area contributed by atoms with Gasteiger partial charge in [0.2, 0.25) is 0 Å². The van der Waals surface area contributed by atoms with Gasteiger partial charge in [-0.2, -0.15) is 0 Å². The molecule has 0 saturated carbocycles. The van der Waals surface area contributed by atoms with Crippen molar-refractivity contribution in [1.82, 2.24) is 10.3 Å². The minimum atomic E-state index is -0.340. The van der Waals surface area contributed by atoms with E-state index in [0.717, 1.165) is 14.6 Å². The lowest BCUT2D eigenvalue weighted by atomic mass is 10.3. The maximum Gasteiger partial charge on any atom is 0.322 e. The Kier molecular flexibility index (Phi) is 6.08. The van der Waals surface area contributed by atoms with Gasteiger partial charge in [-0.1, -0.05) is 0 Å². The number of hydrogen-bond donors (Lipinski definition) is 1. The summed E-state index contributed by atoms with van der Waals surface area (Å²) in [4.78, 5) is 15.6. The summed E-state index contributed by atoms with van der Waals surface area (Å²) >= 11 is 6.75. The van der Waals surface area contributed by atoms with E-state index >= 15 is 0 Å². The van der Waals surface area contributed by atoms with Crippen LogP contribution in [-0.4, -0.2) is 23.6 Å². The first-order valence-electron chi connectivity index (χ1n) is 5.24. The van der Waals surface area contributed by atoms with Crippen LogP contribution in [0.15, 0.2) is 21.2 Å². The molecular weight excluding hydrogens is 352 g/mol. The largest absolute Gasteiger partial charge is 0.465 e. The zero-order chi connectivity index (χ0) is 12.8. The molecule has 0 aliphatic heterocycles. The predicted octanol–water partition coefficient (Wildman–Crippen LogP) is 2.65. The standard InChI is InChI=1S/C11H14Br2N2O2/c1-3-17-11(16)7(2)14-6-10-9(13)4-8(12)5-15-10/h4-5,7,14H,3,6H2,1-2H3. The number of ether oxygens (including phenoxy) is 1. The van der Waals surface area contributed by atoms with Crippen LogP contribution in [0.4, 0.5) is 0 Å². The number of rotatable bonds is 5. The normalized spacial score (nSPS) is 12.2. The Bertz CT molecular complexity index is 399. The number of halogens is 2. The quantitative estimate of drug-likeness (QED) is 0.815. The molecule has 1 atom stereocenters. The second-order valence-corrected chi connectivity index (χ2v) is 5.21. The highest BCUT2D eigenvalue weighted by atomic mass is 79.9. The van der Waals surface area contributed by atoms with Gasteiger partial charge in [-0.15, -0.1) is 0 Å². The highest BCUT2D eigenvalue weighted by molar-refractivity contribution is 9.11. The molecule has 0 aliphatic carbocycles. The predicted molar refractivity (Wildman–Crippen MR) is 72.6 cm³/mol. The number of aromatic nitrogens is 1. The Morgan fingerprint density at radius 2 is 2.29 bits per heavy atom. The van der Waals surface area contributed by atoms with Crippen molar-refractivity contribution >= 4 is 37.8 Å². The van der Waals surface area contributed by atoms with Crippen LogP contribution >= 0.6 is 31.9 Å². The highest BCUT2D eigenvalue weighted by Crippen LogP contribution is 2.19. The van der Waals surface area contributed by atoms with Crippen LogP contribution in [-0.2, 0) is 16.1 Å². The summed E-state index contributed by atoms with van der Waals surface area (Å²) in [5.41, 5.74) is 0.851. The van der Waals surface area contributed by atoms with Crippen molar-refractivity contribution in [3.8, 4) is 0 Å². The van der Waals surface area contributed by atoms with Crippen molar-refractivity contribution in [2.45, 2.75) is 26.4 Å². The van der Waals surface area contributed by atoms with Crippen molar-refractivity contribution in [2.24, 2.45) is 0 Å². The molecule has 0 spiro atoms. The van der Waals surface area contributed by atoms with Gasteiger partial charge in [0.15, 0.2) is 0 Å². The number of carbonyl (C=O) groups excluding carboxylic acids is 1. The summed E-state index contributed by atoms with van der Waals surface area (Å²) < 4.78 is 6.71. The fourth-order valence-corrected chi connectivity index (χ4v) is 2.30. The van der Waals surface area contributed by atoms with Crippen LogP contribution in [0.2, 0.25) is 0 Å². The summed E-state index contributed by atoms with van der Waals surface area (Å²) in [7, 11) is 0. The Balaban J connectivity index is 2.52. The molecule has 6 heteroatoms. The number of hydrogen-bond acceptors (Lipinski definition) is 4. The fraction of sp³-hybridized carbons (Fsp3) is 0.455. The number of nitrogens with one attached hydrogen (secondary N) is 1. The molecule has 4 nitrogen and oxygen atoms in total. The first-order valence-corrected chi connectivity index (χ1v) is 6.83. The van der Waals surface area contributed by atoms with E-state index in [1.165, 1.54) is 0 Å². The average molecular weight is 366 g/mol. The average Bonchev–Trinajstić information content (AvgIpc) is 2.27. The Labute approximate surface area is 117 Å². The molecule has 0 fully saturated rings. The molecule has 1 N–H and O–H groups in total. The third-order valence-corrected chi connectivity index (χ3v) is 3.22. The minimum Gasteiger partial charge on any atom is -0.465 e. The number of pyridine rings is 1. The number of esters is 1. The van der Waals surface area contributed by atoms with E-state index in [-0.39, 0.29) is 12.0 Å². The van der Waals surface area contributed by atoms with E-state index < -0.39 is 0 Å². The van der Waals surface area contributed by atoms with Crippen molar-refractivity contribution in [2.75, 3.05) is 6.61 Å². The van der Waals surface area contributed by atoms with Gasteiger partial charge in [-0.3, -0.25) is 15.1 Å². The minimum absolute atomic E-state index is 0.249. The SMILES string of the molecule is CCOC(=O)C(C)NCc1ncc(Br)cc1Br. The zero-order valence-corrected chi connectivity index (χ0v) is 12.8. The van der Waals surface area contributed by atoms with E-state index in [1.54, 1.807) is 20.0 Å². The van der Waals surface area contributed by atoms with Gasteiger partial charge in [-0.05, 0) is 51.8 Å². The van der Waals surface area contributed by atoms with Crippen molar-refractivity contribution < 1.29 is 9.53 Å². The van der Waals surface area contributed by atoms with Gasteiger partial charge in [0, 0.05) is 21.7 Å². The maximum atomic E-state index is 11.4. The molecule has 1 unspecified atom stereocenters. The molecule has 1 aromatic heterocycles. The summed E-state index contributed by atoms with van der Waals surface area (Å²) in [6.07, 6.45) is 1.72. The third-order valence-electron chi connectivity index (χ3n) is 2.10. The van der Waals surface area contributed by atoms with Crippen LogP contribution in [0.3, 0.4) is 0 Å². The number of carbonyl (C=O) groups is 1. The first-order chi connectivity index (χ1) is 8.04. The summed E-state index contributed by atoms with van der Waals surface area (Å²) in [5.74, 6) is -0.249. The summed E-state index contributed by atoms with van der Waals surface area (Å²) in [5, 5.41) is 3.06. The lowest BCUT2D eigenvalue weighted by Gasteiger charge is -2.12. The molecule has 1 rings (SSSR count). The van der Waals surface area contributed by atoms with Gasteiger partial charge in [-0.25, -0.2) is 0 Å². The molecular formula is C11H14Br2N2O2. The third kappa shape index (κ3) is 4.73. The van der Waals surface area contributed by atoms with Crippen LogP contribution < -0.4 is 5.32 Å². The number of nitrogens with zero attached hydrogens (tertiary/aromatic N) is 1.